The number of carbonyl (C=O) groups is 1. The summed E-state index contributed by atoms with van der Waals surface area (Å²) in [6.45, 7) is 4.73. The van der Waals surface area contributed by atoms with Crippen LogP contribution in [-0.4, -0.2) is 28.9 Å². The van der Waals surface area contributed by atoms with Crippen molar-refractivity contribution in [2.75, 3.05) is 11.9 Å². The van der Waals surface area contributed by atoms with E-state index in [9.17, 15) is 27.6 Å². The molecule has 2 rings (SSSR count). The van der Waals surface area contributed by atoms with Gasteiger partial charge in [-0.05, 0) is 26.8 Å². The van der Waals surface area contributed by atoms with Crippen LogP contribution in [-0.2, 0) is 10.9 Å². The molecule has 0 bridgehead atoms. The molecule has 0 radical (unpaired) electrons. The molecule has 2 heterocycles. The number of pyridine rings is 1. The van der Waals surface area contributed by atoms with Crippen LogP contribution in [0, 0.1) is 5.82 Å². The zero-order valence-electron chi connectivity index (χ0n) is 14.3. The van der Waals surface area contributed by atoms with E-state index in [1.807, 2.05) is 0 Å². The molecule has 0 unspecified atom stereocenters. The van der Waals surface area contributed by atoms with E-state index in [1.165, 1.54) is 0 Å². The Labute approximate surface area is 150 Å². The molecule has 0 spiro atoms. The highest BCUT2D eigenvalue weighted by Crippen LogP contribution is 2.42. The fourth-order valence-electron chi connectivity index (χ4n) is 1.91. The normalized spacial score (nSPS) is 12.2. The average molecular weight is 394 g/mol. The zero-order valence-corrected chi connectivity index (χ0v) is 15.1. The van der Waals surface area contributed by atoms with Crippen LogP contribution in [0.5, 0.6) is 0 Å². The predicted molar refractivity (Wildman–Crippen MR) is 84.5 cm³/mol. The van der Waals surface area contributed by atoms with Crippen LogP contribution < -0.4 is 9.63 Å². The molecule has 6 nitrogen and oxygen atoms in total. The maximum atomic E-state index is 13.4. The molecule has 0 aromatic carbocycles. The summed E-state index contributed by atoms with van der Waals surface area (Å²) >= 11 is 0.522. The zero-order chi connectivity index (χ0) is 19.9. The summed E-state index contributed by atoms with van der Waals surface area (Å²) in [6.07, 6.45) is -4.10. The number of ether oxygens (including phenoxy) is 1. The monoisotopic (exact) mass is 394 g/mol. The van der Waals surface area contributed by atoms with Crippen LogP contribution in [0.25, 0.3) is 10.6 Å². The third kappa shape index (κ3) is 4.59. The second-order valence-electron chi connectivity index (χ2n) is 6.33. The minimum absolute atomic E-state index is 0.0770. The number of anilines is 1. The van der Waals surface area contributed by atoms with Gasteiger partial charge < -0.3 is 4.74 Å². The summed E-state index contributed by atoms with van der Waals surface area (Å²) in [6, 6.07) is 0.920. The molecule has 0 fully saturated rings. The van der Waals surface area contributed by atoms with Gasteiger partial charge >= 0.3 is 12.3 Å². The molecule has 0 atom stereocenters. The number of hydrogen-bond acceptors (Lipinski definition) is 5. The number of amides is 1. The lowest BCUT2D eigenvalue weighted by Gasteiger charge is -2.24. The molecule has 11 heteroatoms. The summed E-state index contributed by atoms with van der Waals surface area (Å²) < 4.78 is 58.9. The number of halogens is 4. The summed E-state index contributed by atoms with van der Waals surface area (Å²) in [5, 5.41) is 8.64. The Kier molecular flexibility index (Phi) is 5.13. The number of hydrogen-bond donors (Lipinski definition) is 1. The van der Waals surface area contributed by atoms with Gasteiger partial charge in [0, 0.05) is 11.8 Å². The molecule has 0 aliphatic rings. The summed E-state index contributed by atoms with van der Waals surface area (Å²) in [7, 11) is 1.12. The molecule has 2 aromatic heterocycles. The van der Waals surface area contributed by atoms with E-state index in [1.54, 1.807) is 20.8 Å². The summed E-state index contributed by atoms with van der Waals surface area (Å²) in [5.74, 6) is -0.865. The Morgan fingerprint density at radius 2 is 1.92 bits per heavy atom. The minimum Gasteiger partial charge on any atom is -0.443 e. The summed E-state index contributed by atoms with van der Waals surface area (Å²) in [4.78, 5) is 16.3. The topological polar surface area (TPSA) is 66.5 Å². The number of nitrogens with zero attached hydrogens (tertiary/aromatic N) is 3. The van der Waals surface area contributed by atoms with Crippen LogP contribution in [0.4, 0.5) is 27.4 Å². The van der Waals surface area contributed by atoms with E-state index in [0.29, 0.717) is 21.0 Å². The van der Waals surface area contributed by atoms with E-state index in [-0.39, 0.29) is 10.6 Å². The molecule has 0 aliphatic heterocycles. The minimum atomic E-state index is -4.84. The van der Waals surface area contributed by atoms with E-state index >= 15 is 0 Å². The van der Waals surface area contributed by atoms with Gasteiger partial charge in [-0.2, -0.15) is 13.2 Å². The standard InChI is InChI=1S/C15H16F4N3O3S/c1-14(2,3)25-13(23)21(4)12-10(15(17,18)19)20-11(26-12)8-5-9(16)7-22(24)6-8/h5-7,24H,1-4H3/q+1. The third-order valence-electron chi connectivity index (χ3n) is 2.92. The number of thiazole rings is 1. The van der Waals surface area contributed by atoms with Gasteiger partial charge in [-0.25, -0.2) is 14.2 Å². The fourth-order valence-corrected chi connectivity index (χ4v) is 2.93. The van der Waals surface area contributed by atoms with Crippen molar-refractivity contribution in [1.82, 2.24) is 4.98 Å². The molecular formula is C15H16F4N3O3S+. The van der Waals surface area contributed by atoms with Crippen LogP contribution in [0.2, 0.25) is 0 Å². The second-order valence-corrected chi connectivity index (χ2v) is 7.31. The number of rotatable bonds is 2. The molecule has 1 amide bonds. The maximum Gasteiger partial charge on any atom is 0.436 e. The van der Waals surface area contributed by atoms with Crippen molar-refractivity contribution < 1.29 is 37.0 Å². The third-order valence-corrected chi connectivity index (χ3v) is 4.10. The first-order valence-corrected chi connectivity index (χ1v) is 8.06. The molecule has 142 valence electrons. The van der Waals surface area contributed by atoms with Crippen LogP contribution >= 0.6 is 11.3 Å². The first kappa shape index (κ1) is 19.9. The van der Waals surface area contributed by atoms with Crippen LogP contribution in [0.3, 0.4) is 0 Å². The van der Waals surface area contributed by atoms with Gasteiger partial charge in [-0.15, -0.1) is 0 Å². The Balaban J connectivity index is 2.52. The SMILES string of the molecule is CN(C(=O)OC(C)(C)C)c1sc(-c2cc(F)c[n+](O)c2)nc1C(F)(F)F. The molecule has 26 heavy (non-hydrogen) atoms. The van der Waals surface area contributed by atoms with Gasteiger partial charge in [0.1, 0.15) is 15.6 Å². The number of alkyl halides is 3. The Bertz CT molecular complexity index is 810. The lowest BCUT2D eigenvalue weighted by atomic mass is 10.2. The van der Waals surface area contributed by atoms with Crippen molar-refractivity contribution in [3.8, 4) is 10.6 Å². The van der Waals surface area contributed by atoms with Gasteiger partial charge in [-0.1, -0.05) is 11.3 Å². The molecular weight excluding hydrogens is 378 g/mol. The highest BCUT2D eigenvalue weighted by atomic mass is 32.1. The van der Waals surface area contributed by atoms with Crippen LogP contribution in [0.15, 0.2) is 18.5 Å². The number of aromatic nitrogens is 2. The van der Waals surface area contributed by atoms with Crippen LogP contribution in [0.1, 0.15) is 26.5 Å². The van der Waals surface area contributed by atoms with Gasteiger partial charge in [0.05, 0.1) is 5.56 Å². The van der Waals surface area contributed by atoms with Gasteiger partial charge in [0.2, 0.25) is 6.20 Å². The highest BCUT2D eigenvalue weighted by Gasteiger charge is 2.40. The van der Waals surface area contributed by atoms with Gasteiger partial charge in [-0.3, -0.25) is 10.1 Å². The smallest absolute Gasteiger partial charge is 0.436 e. The Hall–Kier alpha value is -2.43. The summed E-state index contributed by atoms with van der Waals surface area (Å²) in [5.41, 5.74) is -2.28. The lowest BCUT2D eigenvalue weighted by Crippen LogP contribution is -2.34. The fraction of sp³-hybridized carbons (Fsp3) is 0.400. The molecule has 0 saturated heterocycles. The van der Waals surface area contributed by atoms with Gasteiger partial charge in [0.25, 0.3) is 6.20 Å². The quantitative estimate of drug-likeness (QED) is 0.477. The van der Waals surface area contributed by atoms with E-state index in [0.717, 1.165) is 25.5 Å². The van der Waals surface area contributed by atoms with Crippen molar-refractivity contribution >= 4 is 22.4 Å². The largest absolute Gasteiger partial charge is 0.443 e. The number of carbonyl (C=O) groups excluding carboxylic acids is 1. The van der Waals surface area contributed by atoms with Crippen molar-refractivity contribution in [1.29, 1.82) is 0 Å². The molecule has 2 aromatic rings. The average Bonchev–Trinajstić information content (AvgIpc) is 2.88. The van der Waals surface area contributed by atoms with Gasteiger partial charge in [0.15, 0.2) is 11.5 Å². The molecule has 0 aliphatic carbocycles. The maximum absolute atomic E-state index is 13.4. The van der Waals surface area contributed by atoms with Crippen molar-refractivity contribution in [3.63, 3.8) is 0 Å². The second kappa shape index (κ2) is 6.71. The van der Waals surface area contributed by atoms with E-state index in [2.05, 4.69) is 4.98 Å². The predicted octanol–water partition coefficient (Wildman–Crippen LogP) is 3.86. The highest BCUT2D eigenvalue weighted by molar-refractivity contribution is 7.19. The van der Waals surface area contributed by atoms with E-state index in [4.69, 9.17) is 4.74 Å². The lowest BCUT2D eigenvalue weighted by molar-refractivity contribution is -0.905. The Morgan fingerprint density at radius 3 is 2.42 bits per heavy atom. The van der Waals surface area contributed by atoms with E-state index < -0.39 is 34.4 Å². The first-order chi connectivity index (χ1) is 11.8. The van der Waals surface area contributed by atoms with Crippen molar-refractivity contribution in [2.24, 2.45) is 0 Å². The Morgan fingerprint density at radius 1 is 1.31 bits per heavy atom. The first-order valence-electron chi connectivity index (χ1n) is 7.24. The molecule has 1 N–H and O–H groups in total. The molecule has 0 saturated carbocycles. The van der Waals surface area contributed by atoms with Crippen molar-refractivity contribution in [2.45, 2.75) is 32.5 Å². The van der Waals surface area contributed by atoms with Crippen molar-refractivity contribution in [3.05, 3.63) is 30.0 Å².